The Bertz CT molecular complexity index is 589. The maximum Gasteiger partial charge on any atom is 0.243 e. The Hall–Kier alpha value is -0.980. The first kappa shape index (κ1) is 15.4. The normalized spacial score (nSPS) is 24.1. The molecular formula is C14H21FN2O2S. The fourth-order valence-electron chi connectivity index (χ4n) is 2.83. The number of nitrogens with two attached hydrogens (primary N) is 1. The second-order valence-electron chi connectivity index (χ2n) is 5.45. The Balaban J connectivity index is 2.33. The van der Waals surface area contributed by atoms with Gasteiger partial charge in [0.05, 0.1) is 4.90 Å². The van der Waals surface area contributed by atoms with Gasteiger partial charge in [-0.25, -0.2) is 12.8 Å². The summed E-state index contributed by atoms with van der Waals surface area (Å²) in [6.07, 6.45) is 3.64. The zero-order valence-corrected chi connectivity index (χ0v) is 12.7. The van der Waals surface area contributed by atoms with Gasteiger partial charge >= 0.3 is 0 Å². The molecule has 2 rings (SSSR count). The molecule has 1 aliphatic carbocycles. The molecular weight excluding hydrogens is 279 g/mol. The van der Waals surface area contributed by atoms with Crippen molar-refractivity contribution < 1.29 is 12.8 Å². The van der Waals surface area contributed by atoms with E-state index >= 15 is 0 Å². The molecule has 2 N–H and O–H groups in total. The molecule has 112 valence electrons. The van der Waals surface area contributed by atoms with Crippen LogP contribution in [0.2, 0.25) is 0 Å². The molecule has 1 aromatic rings. The average Bonchev–Trinajstić information content (AvgIpc) is 2.38. The van der Waals surface area contributed by atoms with Crippen LogP contribution in [0, 0.1) is 12.7 Å². The van der Waals surface area contributed by atoms with Crippen molar-refractivity contribution in [1.82, 2.24) is 4.31 Å². The van der Waals surface area contributed by atoms with Gasteiger partial charge in [-0.1, -0.05) is 12.8 Å². The summed E-state index contributed by atoms with van der Waals surface area (Å²) in [7, 11) is -2.07. The van der Waals surface area contributed by atoms with E-state index in [0.717, 1.165) is 25.7 Å². The first-order chi connectivity index (χ1) is 9.34. The summed E-state index contributed by atoms with van der Waals surface area (Å²) in [6, 6.07) is 3.42. The van der Waals surface area contributed by atoms with Crippen LogP contribution in [0.5, 0.6) is 0 Å². The molecule has 0 aromatic heterocycles. The van der Waals surface area contributed by atoms with Gasteiger partial charge in [-0.3, -0.25) is 0 Å². The van der Waals surface area contributed by atoms with Gasteiger partial charge in [0.2, 0.25) is 10.0 Å². The molecule has 0 radical (unpaired) electrons. The minimum atomic E-state index is -3.63. The molecule has 0 aliphatic heterocycles. The van der Waals surface area contributed by atoms with Gasteiger partial charge in [-0.05, 0) is 43.5 Å². The summed E-state index contributed by atoms with van der Waals surface area (Å²) in [5.74, 6) is -0.432. The quantitative estimate of drug-likeness (QED) is 0.929. The van der Waals surface area contributed by atoms with Crippen molar-refractivity contribution in [1.29, 1.82) is 0 Å². The van der Waals surface area contributed by atoms with Crippen molar-refractivity contribution in [2.75, 3.05) is 7.05 Å². The minimum Gasteiger partial charge on any atom is -0.326 e. The summed E-state index contributed by atoms with van der Waals surface area (Å²) >= 11 is 0. The number of halogens is 1. The number of likely N-dealkylation sites (N-methyl/N-ethyl adjacent to an activating group) is 1. The van der Waals surface area contributed by atoms with Crippen molar-refractivity contribution in [2.45, 2.75) is 49.6 Å². The van der Waals surface area contributed by atoms with Gasteiger partial charge < -0.3 is 5.73 Å². The average molecular weight is 300 g/mol. The molecule has 0 bridgehead atoms. The molecule has 2 unspecified atom stereocenters. The van der Waals surface area contributed by atoms with Gasteiger partial charge in [0.1, 0.15) is 5.82 Å². The van der Waals surface area contributed by atoms with E-state index in [0.29, 0.717) is 5.56 Å². The maximum absolute atomic E-state index is 13.1. The fraction of sp³-hybridized carbons (Fsp3) is 0.571. The smallest absolute Gasteiger partial charge is 0.243 e. The van der Waals surface area contributed by atoms with E-state index in [-0.39, 0.29) is 17.0 Å². The van der Waals surface area contributed by atoms with E-state index in [1.54, 1.807) is 14.0 Å². The van der Waals surface area contributed by atoms with Gasteiger partial charge in [-0.2, -0.15) is 4.31 Å². The van der Waals surface area contributed by atoms with Crippen molar-refractivity contribution in [3.05, 3.63) is 29.6 Å². The van der Waals surface area contributed by atoms with Crippen LogP contribution >= 0.6 is 0 Å². The number of sulfonamides is 1. The topological polar surface area (TPSA) is 63.4 Å². The number of hydrogen-bond donors (Lipinski definition) is 1. The molecule has 1 fully saturated rings. The fourth-order valence-corrected chi connectivity index (χ4v) is 4.46. The van der Waals surface area contributed by atoms with Crippen LogP contribution in [0.15, 0.2) is 23.1 Å². The van der Waals surface area contributed by atoms with Crippen LogP contribution in [0.4, 0.5) is 4.39 Å². The Labute approximate surface area is 119 Å². The standard InChI is InChI=1S/C14H21FN2O2S/c1-10-9-11(15)7-8-14(10)20(18,19)17(2)13-6-4-3-5-12(13)16/h7-9,12-13H,3-6,16H2,1-2H3. The van der Waals surface area contributed by atoms with Crippen LogP contribution in [-0.4, -0.2) is 31.9 Å². The van der Waals surface area contributed by atoms with Gasteiger partial charge in [0.25, 0.3) is 0 Å². The third kappa shape index (κ3) is 2.87. The number of benzene rings is 1. The van der Waals surface area contributed by atoms with Crippen LogP contribution in [0.1, 0.15) is 31.2 Å². The van der Waals surface area contributed by atoms with Crippen LogP contribution in [-0.2, 0) is 10.0 Å². The molecule has 6 heteroatoms. The first-order valence-electron chi connectivity index (χ1n) is 6.84. The van der Waals surface area contributed by atoms with Crippen molar-refractivity contribution >= 4 is 10.0 Å². The third-order valence-corrected chi connectivity index (χ3v) is 6.09. The summed E-state index contributed by atoms with van der Waals surface area (Å²) < 4.78 is 39.8. The summed E-state index contributed by atoms with van der Waals surface area (Å²) in [5, 5.41) is 0. The molecule has 0 amide bonds. The lowest BCUT2D eigenvalue weighted by atomic mass is 9.91. The van der Waals surface area contributed by atoms with E-state index in [4.69, 9.17) is 5.73 Å². The summed E-state index contributed by atoms with van der Waals surface area (Å²) in [6.45, 7) is 1.60. The molecule has 2 atom stereocenters. The Kier molecular flexibility index (Phi) is 4.46. The lowest BCUT2D eigenvalue weighted by Gasteiger charge is -2.35. The number of nitrogens with zero attached hydrogens (tertiary/aromatic N) is 1. The van der Waals surface area contributed by atoms with E-state index in [1.165, 1.54) is 22.5 Å². The minimum absolute atomic E-state index is 0.135. The van der Waals surface area contributed by atoms with Crippen molar-refractivity contribution in [2.24, 2.45) is 5.73 Å². The summed E-state index contributed by atoms with van der Waals surface area (Å²) in [4.78, 5) is 0.152. The van der Waals surface area contributed by atoms with Crippen molar-refractivity contribution in [3.8, 4) is 0 Å². The van der Waals surface area contributed by atoms with Gasteiger partial charge in [0.15, 0.2) is 0 Å². The van der Waals surface area contributed by atoms with E-state index in [1.807, 2.05) is 0 Å². The second kappa shape index (κ2) is 5.79. The second-order valence-corrected chi connectivity index (χ2v) is 7.41. The molecule has 0 spiro atoms. The van der Waals surface area contributed by atoms with E-state index in [9.17, 15) is 12.8 Å². The maximum atomic E-state index is 13.1. The van der Waals surface area contributed by atoms with Crippen LogP contribution in [0.3, 0.4) is 0 Å². The SMILES string of the molecule is Cc1cc(F)ccc1S(=O)(=O)N(C)C1CCCCC1N. The lowest BCUT2D eigenvalue weighted by Crippen LogP contribution is -2.50. The zero-order chi connectivity index (χ0) is 14.9. The monoisotopic (exact) mass is 300 g/mol. The number of rotatable bonds is 3. The highest BCUT2D eigenvalue weighted by atomic mass is 32.2. The molecule has 0 saturated heterocycles. The lowest BCUT2D eigenvalue weighted by molar-refractivity contribution is 0.252. The molecule has 1 saturated carbocycles. The number of aryl methyl sites for hydroxylation is 1. The van der Waals surface area contributed by atoms with Crippen molar-refractivity contribution in [3.63, 3.8) is 0 Å². The van der Waals surface area contributed by atoms with Crippen LogP contribution < -0.4 is 5.73 Å². The van der Waals surface area contributed by atoms with Gasteiger partial charge in [-0.15, -0.1) is 0 Å². The molecule has 1 aliphatic rings. The molecule has 1 aromatic carbocycles. The highest BCUT2D eigenvalue weighted by Gasteiger charge is 2.34. The largest absolute Gasteiger partial charge is 0.326 e. The highest BCUT2D eigenvalue weighted by Crippen LogP contribution is 2.27. The predicted octanol–water partition coefficient (Wildman–Crippen LogP) is 2.02. The highest BCUT2D eigenvalue weighted by molar-refractivity contribution is 7.89. The van der Waals surface area contributed by atoms with E-state index < -0.39 is 15.8 Å². The van der Waals surface area contributed by atoms with Gasteiger partial charge in [0, 0.05) is 19.1 Å². The first-order valence-corrected chi connectivity index (χ1v) is 8.28. The number of hydrogen-bond acceptors (Lipinski definition) is 3. The van der Waals surface area contributed by atoms with E-state index in [2.05, 4.69) is 0 Å². The Morgan fingerprint density at radius 3 is 2.55 bits per heavy atom. The molecule has 4 nitrogen and oxygen atoms in total. The predicted molar refractivity (Wildman–Crippen MR) is 76.3 cm³/mol. The zero-order valence-electron chi connectivity index (χ0n) is 11.8. The summed E-state index contributed by atoms with van der Waals surface area (Å²) in [5.41, 5.74) is 6.47. The molecule has 20 heavy (non-hydrogen) atoms. The Morgan fingerprint density at radius 2 is 1.95 bits per heavy atom. The molecule has 0 heterocycles. The van der Waals surface area contributed by atoms with Crippen LogP contribution in [0.25, 0.3) is 0 Å². The third-order valence-electron chi connectivity index (χ3n) is 4.04. The Morgan fingerprint density at radius 1 is 1.30 bits per heavy atom.